The van der Waals surface area contributed by atoms with Gasteiger partial charge in [-0.15, -0.1) is 0 Å². The van der Waals surface area contributed by atoms with Crippen LogP contribution in [0.2, 0.25) is 0 Å². The van der Waals surface area contributed by atoms with Crippen molar-refractivity contribution < 1.29 is 4.79 Å². The minimum atomic E-state index is 0.391. The number of aromatic nitrogens is 3. The van der Waals surface area contributed by atoms with Crippen LogP contribution in [0.3, 0.4) is 0 Å². The second-order valence-electron chi connectivity index (χ2n) is 3.67. The minimum Gasteiger partial charge on any atom is -0.296 e. The molecule has 0 saturated carbocycles. The highest BCUT2D eigenvalue weighted by Gasteiger charge is 2.05. The van der Waals surface area contributed by atoms with Gasteiger partial charge in [0.1, 0.15) is 5.69 Å². The second kappa shape index (κ2) is 3.83. The van der Waals surface area contributed by atoms with Crippen molar-refractivity contribution in [2.45, 2.75) is 0 Å². The molecule has 17 heavy (non-hydrogen) atoms. The number of fused-ring (bicyclic) bond motifs is 1. The number of nitrogens with zero attached hydrogens (tertiary/aromatic N) is 3. The molecule has 3 aromatic rings. The van der Waals surface area contributed by atoms with Gasteiger partial charge >= 0.3 is 0 Å². The largest absolute Gasteiger partial charge is 0.296 e. The molecule has 0 amide bonds. The Morgan fingerprint density at radius 1 is 1.06 bits per heavy atom. The Kier molecular flexibility index (Phi) is 2.19. The summed E-state index contributed by atoms with van der Waals surface area (Å²) in [6.07, 6.45) is 4.40. The van der Waals surface area contributed by atoms with E-state index in [1.165, 1.54) is 0 Å². The van der Waals surface area contributed by atoms with Crippen LogP contribution < -0.4 is 0 Å². The van der Waals surface area contributed by atoms with Crippen LogP contribution in [0.5, 0.6) is 0 Å². The summed E-state index contributed by atoms with van der Waals surface area (Å²) in [5, 5.41) is 0. The fraction of sp³-hybridized carbons (Fsp3) is 0. The lowest BCUT2D eigenvalue weighted by molar-refractivity contribution is 0.111. The Hall–Kier alpha value is -2.49. The number of aldehydes is 1. The van der Waals surface area contributed by atoms with E-state index in [1.54, 1.807) is 16.7 Å². The Labute approximate surface area is 97.6 Å². The van der Waals surface area contributed by atoms with E-state index in [0.29, 0.717) is 11.5 Å². The molecular formula is C13H9N3O. The van der Waals surface area contributed by atoms with Gasteiger partial charge in [0.15, 0.2) is 6.29 Å². The van der Waals surface area contributed by atoms with Crippen molar-refractivity contribution in [1.82, 2.24) is 14.4 Å². The fourth-order valence-corrected chi connectivity index (χ4v) is 1.70. The molecule has 0 spiro atoms. The van der Waals surface area contributed by atoms with Crippen LogP contribution in [-0.2, 0) is 0 Å². The lowest BCUT2D eigenvalue weighted by Crippen LogP contribution is -1.91. The molecule has 2 aromatic heterocycles. The smallest absolute Gasteiger partial charge is 0.234 e. The van der Waals surface area contributed by atoms with Crippen LogP contribution >= 0.6 is 0 Å². The van der Waals surface area contributed by atoms with Crippen LogP contribution in [0.15, 0.2) is 48.8 Å². The number of carbonyl (C=O) groups is 1. The first kappa shape index (κ1) is 9.72. The standard InChI is InChI=1S/C13H9N3O/c17-9-11-6-7-16-8-12(15-13(16)14-11)10-4-2-1-3-5-10/h1-9H. The number of rotatable bonds is 2. The molecule has 0 bridgehead atoms. The predicted molar refractivity (Wildman–Crippen MR) is 63.8 cm³/mol. The molecule has 1 aromatic carbocycles. The van der Waals surface area contributed by atoms with Gasteiger partial charge in [-0.1, -0.05) is 30.3 Å². The predicted octanol–water partition coefficient (Wildman–Crippen LogP) is 2.21. The van der Waals surface area contributed by atoms with Crippen molar-refractivity contribution in [3.8, 4) is 11.3 Å². The molecule has 82 valence electrons. The normalized spacial score (nSPS) is 10.6. The Morgan fingerprint density at radius 3 is 2.65 bits per heavy atom. The zero-order valence-electron chi connectivity index (χ0n) is 8.95. The van der Waals surface area contributed by atoms with Crippen LogP contribution in [0.1, 0.15) is 10.5 Å². The van der Waals surface area contributed by atoms with Crippen molar-refractivity contribution in [3.63, 3.8) is 0 Å². The quantitative estimate of drug-likeness (QED) is 0.626. The van der Waals surface area contributed by atoms with Gasteiger partial charge in [0.2, 0.25) is 5.78 Å². The maximum Gasteiger partial charge on any atom is 0.234 e. The number of hydrogen-bond acceptors (Lipinski definition) is 3. The summed E-state index contributed by atoms with van der Waals surface area (Å²) in [5.41, 5.74) is 2.27. The van der Waals surface area contributed by atoms with E-state index in [2.05, 4.69) is 9.97 Å². The van der Waals surface area contributed by atoms with Crippen molar-refractivity contribution in [3.05, 3.63) is 54.5 Å². The first-order chi connectivity index (χ1) is 8.36. The highest BCUT2D eigenvalue weighted by atomic mass is 16.1. The monoisotopic (exact) mass is 223 g/mol. The lowest BCUT2D eigenvalue weighted by Gasteiger charge is -1.92. The third kappa shape index (κ3) is 1.69. The van der Waals surface area contributed by atoms with E-state index in [0.717, 1.165) is 17.5 Å². The first-order valence-electron chi connectivity index (χ1n) is 5.23. The third-order valence-electron chi connectivity index (χ3n) is 2.54. The third-order valence-corrected chi connectivity index (χ3v) is 2.54. The van der Waals surface area contributed by atoms with Gasteiger partial charge in [-0.05, 0) is 6.07 Å². The minimum absolute atomic E-state index is 0.391. The molecule has 0 atom stereocenters. The molecular weight excluding hydrogens is 214 g/mol. The van der Waals surface area contributed by atoms with E-state index in [9.17, 15) is 4.79 Å². The summed E-state index contributed by atoms with van der Waals surface area (Å²) in [7, 11) is 0. The highest BCUT2D eigenvalue weighted by molar-refractivity contribution is 5.72. The number of carbonyl (C=O) groups excluding carboxylic acids is 1. The molecule has 4 heteroatoms. The first-order valence-corrected chi connectivity index (χ1v) is 5.23. The molecule has 4 nitrogen and oxygen atoms in total. The van der Waals surface area contributed by atoms with Gasteiger partial charge in [0, 0.05) is 18.0 Å². The zero-order chi connectivity index (χ0) is 11.7. The van der Waals surface area contributed by atoms with E-state index in [4.69, 9.17) is 0 Å². The molecule has 0 aliphatic heterocycles. The second-order valence-corrected chi connectivity index (χ2v) is 3.67. The molecule has 2 heterocycles. The van der Waals surface area contributed by atoms with Gasteiger partial charge in [-0.2, -0.15) is 0 Å². The fourth-order valence-electron chi connectivity index (χ4n) is 1.70. The average molecular weight is 223 g/mol. The maximum absolute atomic E-state index is 10.6. The van der Waals surface area contributed by atoms with Gasteiger partial charge in [-0.3, -0.25) is 9.20 Å². The topological polar surface area (TPSA) is 47.3 Å². The highest BCUT2D eigenvalue weighted by Crippen LogP contribution is 2.17. The van der Waals surface area contributed by atoms with Crippen molar-refractivity contribution in [2.75, 3.05) is 0 Å². The van der Waals surface area contributed by atoms with Gasteiger partial charge in [0.25, 0.3) is 0 Å². The van der Waals surface area contributed by atoms with Crippen molar-refractivity contribution >= 4 is 12.1 Å². The van der Waals surface area contributed by atoms with Gasteiger partial charge in [0.05, 0.1) is 5.69 Å². The Bertz CT molecular complexity index is 673. The van der Waals surface area contributed by atoms with Gasteiger partial charge < -0.3 is 0 Å². The van der Waals surface area contributed by atoms with Crippen molar-refractivity contribution in [1.29, 1.82) is 0 Å². The van der Waals surface area contributed by atoms with E-state index < -0.39 is 0 Å². The van der Waals surface area contributed by atoms with Crippen LogP contribution in [0.4, 0.5) is 0 Å². The lowest BCUT2D eigenvalue weighted by atomic mass is 10.2. The van der Waals surface area contributed by atoms with Crippen LogP contribution in [0.25, 0.3) is 17.0 Å². The van der Waals surface area contributed by atoms with Crippen LogP contribution in [-0.4, -0.2) is 20.7 Å². The molecule has 0 N–H and O–H groups in total. The molecule has 0 radical (unpaired) electrons. The summed E-state index contributed by atoms with van der Waals surface area (Å²) in [4.78, 5) is 19.1. The SMILES string of the molecule is O=Cc1ccn2cc(-c3ccccc3)nc2n1. The van der Waals surface area contributed by atoms with Gasteiger partial charge in [-0.25, -0.2) is 9.97 Å². The summed E-state index contributed by atoms with van der Waals surface area (Å²) >= 11 is 0. The number of benzene rings is 1. The zero-order valence-corrected chi connectivity index (χ0v) is 8.95. The number of imidazole rings is 1. The Morgan fingerprint density at radius 2 is 1.88 bits per heavy atom. The van der Waals surface area contributed by atoms with E-state index >= 15 is 0 Å². The molecule has 0 aliphatic carbocycles. The summed E-state index contributed by atoms with van der Waals surface area (Å²) in [6, 6.07) is 11.5. The molecule has 0 unspecified atom stereocenters. The number of hydrogen-bond donors (Lipinski definition) is 0. The maximum atomic E-state index is 10.6. The summed E-state index contributed by atoms with van der Waals surface area (Å²) in [6.45, 7) is 0. The van der Waals surface area contributed by atoms with E-state index in [-0.39, 0.29) is 0 Å². The molecule has 0 fully saturated rings. The molecule has 0 saturated heterocycles. The van der Waals surface area contributed by atoms with Crippen molar-refractivity contribution in [2.24, 2.45) is 0 Å². The van der Waals surface area contributed by atoms with E-state index in [1.807, 2.05) is 36.5 Å². The summed E-state index contributed by atoms with van der Waals surface area (Å²) in [5.74, 6) is 0.536. The average Bonchev–Trinajstić information content (AvgIpc) is 2.82. The molecule has 0 aliphatic rings. The molecule has 3 rings (SSSR count). The Balaban J connectivity index is 2.17. The summed E-state index contributed by atoms with van der Waals surface area (Å²) < 4.78 is 1.80. The van der Waals surface area contributed by atoms with Crippen LogP contribution in [0, 0.1) is 0 Å².